The Morgan fingerprint density at radius 3 is 3.11 bits per heavy atom. The predicted octanol–water partition coefficient (Wildman–Crippen LogP) is 1.75. The maximum absolute atomic E-state index is 11.7. The molecule has 3 heteroatoms. The highest BCUT2D eigenvalue weighted by molar-refractivity contribution is 5.78. The van der Waals surface area contributed by atoms with Crippen molar-refractivity contribution in [2.24, 2.45) is 0 Å². The van der Waals surface area contributed by atoms with Gasteiger partial charge in [-0.25, -0.2) is 0 Å². The first-order valence-corrected chi connectivity index (χ1v) is 6.70. The highest BCUT2D eigenvalue weighted by Gasteiger charge is 2.24. The summed E-state index contributed by atoms with van der Waals surface area (Å²) in [6.07, 6.45) is 8.56. The summed E-state index contributed by atoms with van der Waals surface area (Å²) in [4.78, 5) is 13.8. The lowest BCUT2D eigenvalue weighted by atomic mass is 9.87. The number of benzene rings is 1. The van der Waals surface area contributed by atoms with Crippen LogP contribution < -0.4 is 5.32 Å². The van der Waals surface area contributed by atoms with Gasteiger partial charge in [0, 0.05) is 6.04 Å². The van der Waals surface area contributed by atoms with E-state index >= 15 is 0 Å². The van der Waals surface area contributed by atoms with Crippen molar-refractivity contribution in [1.29, 1.82) is 0 Å². The van der Waals surface area contributed by atoms with E-state index < -0.39 is 0 Å². The van der Waals surface area contributed by atoms with Crippen molar-refractivity contribution in [3.8, 4) is 12.3 Å². The number of carbonyl (C=O) groups excluding carboxylic acids is 1. The third kappa shape index (κ3) is 3.36. The third-order valence-electron chi connectivity index (χ3n) is 3.65. The van der Waals surface area contributed by atoms with E-state index in [0.29, 0.717) is 19.1 Å². The lowest BCUT2D eigenvalue weighted by molar-refractivity contribution is -0.122. The monoisotopic (exact) mass is 256 g/mol. The number of rotatable bonds is 4. The molecular weight excluding hydrogens is 236 g/mol. The van der Waals surface area contributed by atoms with Gasteiger partial charge in [0.05, 0.1) is 13.1 Å². The fourth-order valence-corrected chi connectivity index (χ4v) is 2.73. The van der Waals surface area contributed by atoms with Gasteiger partial charge in [-0.1, -0.05) is 30.2 Å². The van der Waals surface area contributed by atoms with E-state index in [1.165, 1.54) is 17.5 Å². The molecule has 1 aliphatic carbocycles. The molecule has 1 amide bonds. The fraction of sp³-hybridized carbons (Fsp3) is 0.438. The molecule has 1 aromatic carbocycles. The van der Waals surface area contributed by atoms with Crippen LogP contribution in [0.1, 0.15) is 30.0 Å². The molecule has 0 spiro atoms. The Labute approximate surface area is 115 Å². The van der Waals surface area contributed by atoms with Crippen molar-refractivity contribution < 1.29 is 4.79 Å². The highest BCUT2D eigenvalue weighted by atomic mass is 16.2. The minimum absolute atomic E-state index is 0.0106. The molecule has 3 nitrogen and oxygen atoms in total. The first-order valence-electron chi connectivity index (χ1n) is 6.70. The van der Waals surface area contributed by atoms with Crippen LogP contribution in [-0.4, -0.2) is 30.9 Å². The molecular formula is C16H20N2O. The van der Waals surface area contributed by atoms with Gasteiger partial charge < -0.3 is 5.32 Å². The minimum Gasteiger partial charge on any atom is -0.344 e. The normalized spacial score (nSPS) is 17.6. The number of amides is 1. The number of hydrogen-bond donors (Lipinski definition) is 1. The maximum atomic E-state index is 11.7. The summed E-state index contributed by atoms with van der Waals surface area (Å²) in [5.74, 6) is 2.41. The van der Waals surface area contributed by atoms with Crippen LogP contribution in [0.2, 0.25) is 0 Å². The summed E-state index contributed by atoms with van der Waals surface area (Å²) >= 11 is 0. The second-order valence-corrected chi connectivity index (χ2v) is 5.00. The molecule has 1 aliphatic rings. The van der Waals surface area contributed by atoms with Gasteiger partial charge in [-0.2, -0.15) is 0 Å². The molecule has 2 rings (SSSR count). The third-order valence-corrected chi connectivity index (χ3v) is 3.65. The van der Waals surface area contributed by atoms with Gasteiger partial charge in [0.1, 0.15) is 0 Å². The van der Waals surface area contributed by atoms with Gasteiger partial charge in [0.25, 0.3) is 0 Å². The number of terminal acetylenes is 1. The number of aryl methyl sites for hydroxylation is 1. The molecule has 100 valence electrons. The summed E-state index contributed by atoms with van der Waals surface area (Å²) in [6.45, 7) is 0.689. The van der Waals surface area contributed by atoms with Crippen LogP contribution in [0.4, 0.5) is 0 Å². The summed E-state index contributed by atoms with van der Waals surface area (Å²) in [5.41, 5.74) is 2.77. The minimum atomic E-state index is -0.0106. The van der Waals surface area contributed by atoms with E-state index in [2.05, 4.69) is 40.4 Å². The lowest BCUT2D eigenvalue weighted by Crippen LogP contribution is -2.38. The summed E-state index contributed by atoms with van der Waals surface area (Å²) in [7, 11) is 2.00. The van der Waals surface area contributed by atoms with Crippen molar-refractivity contribution in [2.45, 2.75) is 25.3 Å². The van der Waals surface area contributed by atoms with Crippen molar-refractivity contribution in [2.75, 3.05) is 20.1 Å². The number of hydrogen-bond acceptors (Lipinski definition) is 2. The zero-order valence-electron chi connectivity index (χ0n) is 11.4. The molecule has 19 heavy (non-hydrogen) atoms. The molecule has 0 saturated heterocycles. The molecule has 1 N–H and O–H groups in total. The van der Waals surface area contributed by atoms with Gasteiger partial charge in [-0.15, -0.1) is 6.42 Å². The van der Waals surface area contributed by atoms with Gasteiger partial charge in [-0.05, 0) is 37.4 Å². The van der Waals surface area contributed by atoms with E-state index in [0.717, 1.165) is 12.8 Å². The fourth-order valence-electron chi connectivity index (χ4n) is 2.73. The van der Waals surface area contributed by atoms with Gasteiger partial charge in [-0.3, -0.25) is 9.69 Å². The van der Waals surface area contributed by atoms with Crippen LogP contribution in [0.3, 0.4) is 0 Å². The average Bonchev–Trinajstić information content (AvgIpc) is 2.44. The highest BCUT2D eigenvalue weighted by Crippen LogP contribution is 2.33. The first kappa shape index (κ1) is 13.6. The van der Waals surface area contributed by atoms with E-state index in [-0.39, 0.29) is 5.91 Å². The predicted molar refractivity (Wildman–Crippen MR) is 76.6 cm³/mol. The molecule has 0 bridgehead atoms. The molecule has 0 saturated carbocycles. The van der Waals surface area contributed by atoms with Crippen LogP contribution in [0.15, 0.2) is 24.3 Å². The van der Waals surface area contributed by atoms with Crippen LogP contribution in [0.5, 0.6) is 0 Å². The van der Waals surface area contributed by atoms with Crippen molar-refractivity contribution in [3.05, 3.63) is 35.4 Å². The molecule has 0 unspecified atom stereocenters. The number of nitrogens with zero attached hydrogens (tertiary/aromatic N) is 1. The van der Waals surface area contributed by atoms with Crippen molar-refractivity contribution in [3.63, 3.8) is 0 Å². The van der Waals surface area contributed by atoms with E-state index in [9.17, 15) is 4.79 Å². The van der Waals surface area contributed by atoms with Gasteiger partial charge in [0.15, 0.2) is 0 Å². The first-order chi connectivity index (χ1) is 9.22. The van der Waals surface area contributed by atoms with Gasteiger partial charge >= 0.3 is 0 Å². The largest absolute Gasteiger partial charge is 0.344 e. The topological polar surface area (TPSA) is 32.3 Å². The standard InChI is InChI=1S/C16H20N2O/c1-3-11-17-16(19)12-18(2)15-10-6-8-13-7-4-5-9-14(13)15/h1,4-5,7,9,15H,6,8,10-12H2,2H3,(H,17,19)/t15-/m1/s1. The van der Waals surface area contributed by atoms with Crippen molar-refractivity contribution >= 4 is 5.91 Å². The molecule has 0 aromatic heterocycles. The van der Waals surface area contributed by atoms with E-state index in [1.54, 1.807) is 0 Å². The Bertz CT molecular complexity index is 490. The Balaban J connectivity index is 2.03. The quantitative estimate of drug-likeness (QED) is 0.832. The number of carbonyl (C=O) groups is 1. The van der Waals surface area contributed by atoms with Crippen molar-refractivity contribution in [1.82, 2.24) is 10.2 Å². The van der Waals surface area contributed by atoms with E-state index in [4.69, 9.17) is 6.42 Å². The Hall–Kier alpha value is -1.79. The van der Waals surface area contributed by atoms with Crippen LogP contribution in [0, 0.1) is 12.3 Å². The van der Waals surface area contributed by atoms with Crippen LogP contribution >= 0.6 is 0 Å². The number of fused-ring (bicyclic) bond motifs is 1. The number of likely N-dealkylation sites (N-methyl/N-ethyl adjacent to an activating group) is 1. The SMILES string of the molecule is C#CCNC(=O)CN(C)[C@@H]1CCCc2ccccc21. The number of nitrogens with one attached hydrogen (secondary N) is 1. The summed E-state index contributed by atoms with van der Waals surface area (Å²) < 4.78 is 0. The van der Waals surface area contributed by atoms with E-state index in [1.807, 2.05) is 7.05 Å². The molecule has 0 fully saturated rings. The Morgan fingerprint density at radius 2 is 2.32 bits per heavy atom. The second-order valence-electron chi connectivity index (χ2n) is 5.00. The Morgan fingerprint density at radius 1 is 1.53 bits per heavy atom. The van der Waals surface area contributed by atoms with Crippen LogP contribution in [0.25, 0.3) is 0 Å². The molecule has 0 radical (unpaired) electrons. The second kappa shape index (κ2) is 6.40. The molecule has 0 aliphatic heterocycles. The molecule has 1 atom stereocenters. The lowest BCUT2D eigenvalue weighted by Gasteiger charge is -2.32. The molecule has 0 heterocycles. The smallest absolute Gasteiger partial charge is 0.234 e. The molecule has 1 aromatic rings. The zero-order chi connectivity index (χ0) is 13.7. The maximum Gasteiger partial charge on any atom is 0.234 e. The zero-order valence-corrected chi connectivity index (χ0v) is 11.4. The van der Waals surface area contributed by atoms with Crippen LogP contribution in [-0.2, 0) is 11.2 Å². The Kier molecular flexibility index (Phi) is 4.59. The van der Waals surface area contributed by atoms with Gasteiger partial charge in [0.2, 0.25) is 5.91 Å². The summed E-state index contributed by atoms with van der Waals surface area (Å²) in [5, 5.41) is 2.71. The average molecular weight is 256 g/mol. The summed E-state index contributed by atoms with van der Waals surface area (Å²) in [6, 6.07) is 8.86.